The number of hydrogen-bond acceptors (Lipinski definition) is 4. The highest BCUT2D eigenvalue weighted by molar-refractivity contribution is 5.93. The summed E-state index contributed by atoms with van der Waals surface area (Å²) in [6.45, 7) is 12.6. The number of aliphatic hydroxyl groups is 1. The summed E-state index contributed by atoms with van der Waals surface area (Å²) in [5.74, 6) is 0.495. The minimum Gasteiger partial charge on any atom is -0.460 e. The Morgan fingerprint density at radius 1 is 1.10 bits per heavy atom. The molecule has 1 heterocycles. The Hall–Kier alpha value is -3.48. The van der Waals surface area contributed by atoms with E-state index in [-0.39, 0.29) is 23.2 Å². The second-order valence-corrected chi connectivity index (χ2v) is 12.1. The van der Waals surface area contributed by atoms with Crippen LogP contribution in [0, 0.1) is 17.3 Å². The maximum Gasteiger partial charge on any atom is 0.251 e. The zero-order chi connectivity index (χ0) is 30.7. The third-order valence-electron chi connectivity index (χ3n) is 7.69. The van der Waals surface area contributed by atoms with Crippen LogP contribution in [0.3, 0.4) is 0 Å². The summed E-state index contributed by atoms with van der Waals surface area (Å²) in [5, 5.41) is 18.0. The molecular weight excluding hydrogens is 527 g/mol. The number of rotatable bonds is 15. The standard InChI is InChI=1S/C36H47FN2O3/c1-7-31(36(3,4)5)15-10-13-30(23-26-17-19-27(20-18-26)34(40)38-6)35(41)39-21-11-14-28(22-25(2)37)33-24-29-12-8-9-16-32(29)42-33/h7-14,16-20,24-25,28,30-31,35,39,41H,1,15,21-23H2,2-6H3,(H,38,40)/b13-10+,14-11-/t25-,28?,30?,31?,35?/m1/s1. The highest BCUT2D eigenvalue weighted by Crippen LogP contribution is 2.31. The molecule has 4 unspecified atom stereocenters. The van der Waals surface area contributed by atoms with E-state index in [9.17, 15) is 14.3 Å². The van der Waals surface area contributed by atoms with Gasteiger partial charge in [0.1, 0.15) is 17.6 Å². The lowest BCUT2D eigenvalue weighted by atomic mass is 9.78. The average molecular weight is 575 g/mol. The lowest BCUT2D eigenvalue weighted by Crippen LogP contribution is -2.36. The number of nitrogens with one attached hydrogen (secondary N) is 2. The van der Waals surface area contributed by atoms with Crippen molar-refractivity contribution in [2.24, 2.45) is 17.3 Å². The van der Waals surface area contributed by atoms with E-state index in [1.165, 1.54) is 0 Å². The lowest BCUT2D eigenvalue weighted by Gasteiger charge is -2.27. The Morgan fingerprint density at radius 3 is 2.43 bits per heavy atom. The molecule has 0 saturated carbocycles. The average Bonchev–Trinajstić information content (AvgIpc) is 3.39. The van der Waals surface area contributed by atoms with Crippen LogP contribution in [0.5, 0.6) is 0 Å². The molecule has 0 aliphatic carbocycles. The van der Waals surface area contributed by atoms with Gasteiger partial charge in [-0.2, -0.15) is 0 Å². The number of hydrogen-bond donors (Lipinski definition) is 3. The fourth-order valence-electron chi connectivity index (χ4n) is 5.09. The molecule has 0 radical (unpaired) electrons. The number of benzene rings is 2. The zero-order valence-corrected chi connectivity index (χ0v) is 25.6. The SMILES string of the molecule is C=CC(C/C=C/C(Cc1ccc(C(=O)NC)cc1)C(O)NC/C=C\C(C[C@@H](C)F)c1cc2ccccc2o1)C(C)(C)C. The molecule has 0 aliphatic rings. The summed E-state index contributed by atoms with van der Waals surface area (Å²) in [4.78, 5) is 11.9. The van der Waals surface area contributed by atoms with Crippen LogP contribution < -0.4 is 10.6 Å². The van der Waals surface area contributed by atoms with Gasteiger partial charge in [-0.3, -0.25) is 10.1 Å². The number of fused-ring (bicyclic) bond motifs is 1. The molecule has 0 aliphatic heterocycles. The van der Waals surface area contributed by atoms with Gasteiger partial charge in [0.05, 0.1) is 6.17 Å². The fourth-order valence-corrected chi connectivity index (χ4v) is 5.09. The minimum absolute atomic E-state index is 0.0897. The summed E-state index contributed by atoms with van der Waals surface area (Å²) in [6, 6.07) is 17.2. The molecular formula is C36H47FN2O3. The molecule has 3 aromatic rings. The number of carbonyl (C=O) groups is 1. The van der Waals surface area contributed by atoms with E-state index < -0.39 is 12.4 Å². The number of allylic oxidation sites excluding steroid dienone is 3. The van der Waals surface area contributed by atoms with E-state index in [1.807, 2.05) is 60.7 Å². The smallest absolute Gasteiger partial charge is 0.251 e. The molecule has 0 fully saturated rings. The third-order valence-corrected chi connectivity index (χ3v) is 7.69. The van der Waals surface area contributed by atoms with Crippen LogP contribution in [0.25, 0.3) is 11.0 Å². The quantitative estimate of drug-likeness (QED) is 0.128. The molecule has 0 spiro atoms. The van der Waals surface area contributed by atoms with E-state index >= 15 is 0 Å². The Kier molecular flexibility index (Phi) is 12.3. The molecule has 3 rings (SSSR count). The molecule has 1 aromatic heterocycles. The Labute approximate surface area is 250 Å². The van der Waals surface area contributed by atoms with Crippen LogP contribution >= 0.6 is 0 Å². The second kappa shape index (κ2) is 15.7. The first-order chi connectivity index (χ1) is 20.0. The van der Waals surface area contributed by atoms with E-state index in [4.69, 9.17) is 4.42 Å². The van der Waals surface area contributed by atoms with E-state index in [0.717, 1.165) is 28.7 Å². The molecule has 3 N–H and O–H groups in total. The van der Waals surface area contributed by atoms with Crippen molar-refractivity contribution in [1.29, 1.82) is 0 Å². The molecule has 0 bridgehead atoms. The van der Waals surface area contributed by atoms with Crippen molar-refractivity contribution in [3.63, 3.8) is 0 Å². The van der Waals surface area contributed by atoms with Gasteiger partial charge in [-0.15, -0.1) is 6.58 Å². The Bertz CT molecular complexity index is 1300. The van der Waals surface area contributed by atoms with Crippen molar-refractivity contribution in [3.8, 4) is 0 Å². The first-order valence-electron chi connectivity index (χ1n) is 14.8. The first kappa shape index (κ1) is 33.0. The van der Waals surface area contributed by atoms with Gasteiger partial charge in [0.25, 0.3) is 5.91 Å². The van der Waals surface area contributed by atoms with Crippen LogP contribution in [0.15, 0.2) is 96.0 Å². The van der Waals surface area contributed by atoms with Crippen molar-refractivity contribution < 1.29 is 18.7 Å². The normalized spacial score (nSPS) is 16.0. The summed E-state index contributed by atoms with van der Waals surface area (Å²) in [7, 11) is 1.61. The van der Waals surface area contributed by atoms with Crippen molar-refractivity contribution >= 4 is 16.9 Å². The maximum absolute atomic E-state index is 14.0. The maximum atomic E-state index is 14.0. The van der Waals surface area contributed by atoms with E-state index in [0.29, 0.717) is 30.9 Å². The Balaban J connectivity index is 1.71. The first-order valence-corrected chi connectivity index (χ1v) is 14.8. The van der Waals surface area contributed by atoms with Gasteiger partial charge in [-0.25, -0.2) is 4.39 Å². The highest BCUT2D eigenvalue weighted by atomic mass is 19.1. The monoisotopic (exact) mass is 574 g/mol. The second-order valence-electron chi connectivity index (χ2n) is 12.1. The number of amides is 1. The van der Waals surface area contributed by atoms with Gasteiger partial charge in [0.2, 0.25) is 0 Å². The lowest BCUT2D eigenvalue weighted by molar-refractivity contribution is 0.0960. The molecule has 5 atom stereocenters. The molecule has 5 nitrogen and oxygen atoms in total. The number of halogens is 1. The fraction of sp³-hybridized carbons (Fsp3) is 0.417. The van der Waals surface area contributed by atoms with E-state index in [1.54, 1.807) is 26.1 Å². The number of carbonyl (C=O) groups excluding carboxylic acids is 1. The summed E-state index contributed by atoms with van der Waals surface area (Å²) in [5.41, 5.74) is 2.49. The van der Waals surface area contributed by atoms with Crippen LogP contribution in [0.2, 0.25) is 0 Å². The molecule has 6 heteroatoms. The number of alkyl halides is 1. The Morgan fingerprint density at radius 2 is 1.81 bits per heavy atom. The summed E-state index contributed by atoms with van der Waals surface area (Å²) < 4.78 is 20.1. The third kappa shape index (κ3) is 9.81. The van der Waals surface area contributed by atoms with Crippen molar-refractivity contribution in [2.45, 2.75) is 65.3 Å². The molecule has 226 valence electrons. The van der Waals surface area contributed by atoms with Gasteiger partial charge in [-0.05, 0) is 67.3 Å². The summed E-state index contributed by atoms with van der Waals surface area (Å²) >= 11 is 0. The largest absolute Gasteiger partial charge is 0.460 e. The number of aliphatic hydroxyl groups excluding tert-OH is 1. The van der Waals surface area contributed by atoms with E-state index in [2.05, 4.69) is 50.1 Å². The van der Waals surface area contributed by atoms with Gasteiger partial charge >= 0.3 is 0 Å². The van der Waals surface area contributed by atoms with Crippen LogP contribution in [-0.2, 0) is 6.42 Å². The predicted molar refractivity (Wildman–Crippen MR) is 171 cm³/mol. The van der Waals surface area contributed by atoms with Crippen LogP contribution in [0.4, 0.5) is 4.39 Å². The molecule has 0 saturated heterocycles. The molecule has 42 heavy (non-hydrogen) atoms. The number of para-hydroxylation sites is 1. The molecule has 1 amide bonds. The van der Waals surface area contributed by atoms with Gasteiger partial charge in [0, 0.05) is 36.4 Å². The van der Waals surface area contributed by atoms with Crippen LogP contribution in [0.1, 0.15) is 68.1 Å². The van der Waals surface area contributed by atoms with Crippen molar-refractivity contribution in [3.05, 3.63) is 108 Å². The predicted octanol–water partition coefficient (Wildman–Crippen LogP) is 7.74. The van der Waals surface area contributed by atoms with Crippen molar-refractivity contribution in [1.82, 2.24) is 10.6 Å². The minimum atomic E-state index is -0.983. The van der Waals surface area contributed by atoms with Gasteiger partial charge in [0.15, 0.2) is 0 Å². The molecule has 2 aromatic carbocycles. The topological polar surface area (TPSA) is 74.5 Å². The summed E-state index contributed by atoms with van der Waals surface area (Å²) in [6.07, 6.45) is 10.0. The zero-order valence-electron chi connectivity index (χ0n) is 25.6. The van der Waals surface area contributed by atoms with Crippen LogP contribution in [-0.4, -0.2) is 37.0 Å². The van der Waals surface area contributed by atoms with Crippen molar-refractivity contribution in [2.75, 3.05) is 13.6 Å². The van der Waals surface area contributed by atoms with Gasteiger partial charge < -0.3 is 14.8 Å². The highest BCUT2D eigenvalue weighted by Gasteiger charge is 2.22. The van der Waals surface area contributed by atoms with Gasteiger partial charge in [-0.1, -0.05) is 81.5 Å². The number of furan rings is 1.